The van der Waals surface area contributed by atoms with Gasteiger partial charge in [-0.3, -0.25) is 14.5 Å². The molecule has 0 atom stereocenters. The molecular weight excluding hydrogens is 384 g/mol. The first-order valence-electron chi connectivity index (χ1n) is 10.9. The number of aromatic nitrogens is 1. The second kappa shape index (κ2) is 9.13. The summed E-state index contributed by atoms with van der Waals surface area (Å²) in [6.45, 7) is 16.2. The van der Waals surface area contributed by atoms with E-state index in [-0.39, 0.29) is 29.1 Å². The van der Waals surface area contributed by atoms with E-state index in [1.807, 2.05) is 23.6 Å². The van der Waals surface area contributed by atoms with Crippen molar-refractivity contribution in [2.45, 2.75) is 59.4 Å². The molecule has 0 bridgehead atoms. The first kappa shape index (κ1) is 22.2. The number of hydrogen-bond donors (Lipinski definition) is 0. The maximum absolute atomic E-state index is 12.9. The van der Waals surface area contributed by atoms with Gasteiger partial charge in [0.1, 0.15) is 0 Å². The zero-order valence-electron chi connectivity index (χ0n) is 18.6. The lowest BCUT2D eigenvalue weighted by Crippen LogP contribution is -2.51. The maximum Gasteiger partial charge on any atom is 0.225 e. The Bertz CT molecular complexity index is 709. The van der Waals surface area contributed by atoms with Gasteiger partial charge in [-0.1, -0.05) is 34.6 Å². The van der Waals surface area contributed by atoms with E-state index in [1.54, 1.807) is 11.3 Å². The van der Waals surface area contributed by atoms with E-state index in [4.69, 9.17) is 4.98 Å². The molecule has 6 nitrogen and oxygen atoms in total. The van der Waals surface area contributed by atoms with Crippen LogP contribution >= 0.6 is 11.3 Å². The van der Waals surface area contributed by atoms with Crippen LogP contribution in [-0.2, 0) is 21.5 Å². The van der Waals surface area contributed by atoms with E-state index in [0.29, 0.717) is 13.1 Å². The number of carbonyl (C=O) groups excluding carboxylic acids is 2. The van der Waals surface area contributed by atoms with Crippen molar-refractivity contribution in [1.29, 1.82) is 0 Å². The van der Waals surface area contributed by atoms with Gasteiger partial charge in [-0.25, -0.2) is 4.98 Å². The minimum atomic E-state index is 0.0347. The van der Waals surface area contributed by atoms with Crippen LogP contribution in [0.3, 0.4) is 0 Å². The van der Waals surface area contributed by atoms with Gasteiger partial charge in [-0.05, 0) is 12.8 Å². The van der Waals surface area contributed by atoms with Crippen LogP contribution in [0.2, 0.25) is 0 Å². The Morgan fingerprint density at radius 2 is 1.69 bits per heavy atom. The molecule has 3 rings (SSSR count). The number of hydrogen-bond acceptors (Lipinski definition) is 5. The Morgan fingerprint density at radius 3 is 2.21 bits per heavy atom. The van der Waals surface area contributed by atoms with Crippen molar-refractivity contribution in [3.05, 3.63) is 16.1 Å². The molecule has 0 saturated carbocycles. The highest BCUT2D eigenvalue weighted by Gasteiger charge is 2.32. The first-order chi connectivity index (χ1) is 13.6. The Morgan fingerprint density at radius 1 is 1.07 bits per heavy atom. The van der Waals surface area contributed by atoms with E-state index in [0.717, 1.165) is 51.3 Å². The number of amides is 2. The highest BCUT2D eigenvalue weighted by atomic mass is 32.1. The van der Waals surface area contributed by atoms with Gasteiger partial charge in [0.05, 0.1) is 10.7 Å². The second-order valence-electron chi connectivity index (χ2n) is 9.75. The third-order valence-corrected chi connectivity index (χ3v) is 7.23. The summed E-state index contributed by atoms with van der Waals surface area (Å²) in [5.41, 5.74) is 1.24. The first-order valence-corrected chi connectivity index (χ1v) is 11.8. The van der Waals surface area contributed by atoms with Crippen LogP contribution in [0, 0.1) is 11.8 Å². The number of carbonyl (C=O) groups is 2. The summed E-state index contributed by atoms with van der Waals surface area (Å²) < 4.78 is 0. The van der Waals surface area contributed by atoms with Crippen molar-refractivity contribution in [3.8, 4) is 0 Å². The highest BCUT2D eigenvalue weighted by Crippen LogP contribution is 2.26. The Kier molecular flexibility index (Phi) is 6.99. The molecule has 0 aromatic carbocycles. The van der Waals surface area contributed by atoms with Crippen LogP contribution in [0.25, 0.3) is 0 Å². The largest absolute Gasteiger partial charge is 0.342 e. The van der Waals surface area contributed by atoms with Crippen LogP contribution in [0.4, 0.5) is 0 Å². The van der Waals surface area contributed by atoms with Gasteiger partial charge in [0, 0.05) is 68.4 Å². The van der Waals surface area contributed by atoms with Crippen LogP contribution in [0.1, 0.15) is 58.2 Å². The van der Waals surface area contributed by atoms with Crippen molar-refractivity contribution in [1.82, 2.24) is 19.7 Å². The molecule has 0 spiro atoms. The number of rotatable bonds is 4. The lowest BCUT2D eigenvalue weighted by molar-refractivity contribution is -0.143. The molecule has 1 aromatic heterocycles. The van der Waals surface area contributed by atoms with E-state index in [1.165, 1.54) is 5.01 Å². The zero-order valence-corrected chi connectivity index (χ0v) is 19.4. The molecule has 1 aromatic rings. The fourth-order valence-electron chi connectivity index (χ4n) is 4.05. The minimum absolute atomic E-state index is 0.0347. The fraction of sp³-hybridized carbons (Fsp3) is 0.773. The molecule has 0 N–H and O–H groups in total. The van der Waals surface area contributed by atoms with Gasteiger partial charge in [0.2, 0.25) is 11.8 Å². The summed E-state index contributed by atoms with van der Waals surface area (Å²) in [6.07, 6.45) is 1.60. The van der Waals surface area contributed by atoms with Gasteiger partial charge < -0.3 is 9.80 Å². The third-order valence-electron chi connectivity index (χ3n) is 5.91. The predicted octanol–water partition coefficient (Wildman–Crippen LogP) is 2.98. The summed E-state index contributed by atoms with van der Waals surface area (Å²) in [4.78, 5) is 36.2. The summed E-state index contributed by atoms with van der Waals surface area (Å²) in [5.74, 6) is 0.601. The van der Waals surface area contributed by atoms with E-state index >= 15 is 0 Å². The third kappa shape index (κ3) is 5.57. The van der Waals surface area contributed by atoms with Crippen LogP contribution in [0.15, 0.2) is 5.38 Å². The quantitative estimate of drug-likeness (QED) is 0.751. The molecular formula is C22H36N4O2S. The van der Waals surface area contributed by atoms with Gasteiger partial charge in [0.15, 0.2) is 0 Å². The van der Waals surface area contributed by atoms with Crippen molar-refractivity contribution >= 4 is 23.2 Å². The topological polar surface area (TPSA) is 56.8 Å². The van der Waals surface area contributed by atoms with Crippen molar-refractivity contribution < 1.29 is 9.59 Å². The lowest BCUT2D eigenvalue weighted by atomic mass is 9.94. The van der Waals surface area contributed by atoms with Crippen LogP contribution in [-0.4, -0.2) is 70.8 Å². The molecule has 2 fully saturated rings. The molecule has 0 unspecified atom stereocenters. The van der Waals surface area contributed by atoms with E-state index in [9.17, 15) is 9.59 Å². The lowest BCUT2D eigenvalue weighted by Gasteiger charge is -2.38. The van der Waals surface area contributed by atoms with E-state index in [2.05, 4.69) is 31.1 Å². The average molecular weight is 421 g/mol. The fourth-order valence-corrected chi connectivity index (χ4v) is 4.95. The summed E-state index contributed by atoms with van der Waals surface area (Å²) in [6, 6.07) is 0. The number of piperazine rings is 1. The maximum atomic E-state index is 12.9. The summed E-state index contributed by atoms with van der Waals surface area (Å²) in [7, 11) is 0. The number of nitrogens with zero attached hydrogens (tertiary/aromatic N) is 4. The molecule has 3 heterocycles. The molecule has 2 saturated heterocycles. The van der Waals surface area contributed by atoms with Crippen LogP contribution in [0.5, 0.6) is 0 Å². The van der Waals surface area contributed by atoms with Gasteiger partial charge in [-0.2, -0.15) is 0 Å². The van der Waals surface area contributed by atoms with Crippen molar-refractivity contribution in [3.63, 3.8) is 0 Å². The van der Waals surface area contributed by atoms with Crippen molar-refractivity contribution in [2.24, 2.45) is 11.8 Å². The summed E-state index contributed by atoms with van der Waals surface area (Å²) >= 11 is 1.74. The number of likely N-dealkylation sites (tertiary alicyclic amines) is 1. The van der Waals surface area contributed by atoms with E-state index < -0.39 is 0 Å². The smallest absolute Gasteiger partial charge is 0.225 e. The summed E-state index contributed by atoms with van der Waals surface area (Å²) in [5, 5.41) is 3.35. The normalized spacial score (nSPS) is 19.8. The Labute approximate surface area is 179 Å². The minimum Gasteiger partial charge on any atom is -0.342 e. The molecule has 2 aliphatic rings. The van der Waals surface area contributed by atoms with Crippen LogP contribution < -0.4 is 0 Å². The molecule has 2 amide bonds. The van der Waals surface area contributed by atoms with Gasteiger partial charge >= 0.3 is 0 Å². The van der Waals surface area contributed by atoms with Crippen molar-refractivity contribution in [2.75, 3.05) is 39.3 Å². The zero-order chi connectivity index (χ0) is 21.2. The average Bonchev–Trinajstić information content (AvgIpc) is 3.16. The Hall–Kier alpha value is -1.47. The highest BCUT2D eigenvalue weighted by molar-refractivity contribution is 7.09. The number of piperidine rings is 1. The monoisotopic (exact) mass is 420 g/mol. The Balaban J connectivity index is 1.44. The molecule has 0 radical (unpaired) electrons. The van der Waals surface area contributed by atoms with Gasteiger partial charge in [0.25, 0.3) is 0 Å². The van der Waals surface area contributed by atoms with Gasteiger partial charge in [-0.15, -0.1) is 11.3 Å². The molecule has 29 heavy (non-hydrogen) atoms. The SMILES string of the molecule is CC(C)C(=O)N1CCC(C(=O)N2CCN(Cc3csc(C(C)(C)C)n3)CC2)CC1. The molecule has 7 heteroatoms. The molecule has 0 aliphatic carbocycles. The number of thiazole rings is 1. The molecule has 162 valence electrons. The second-order valence-corrected chi connectivity index (χ2v) is 10.6. The standard InChI is InChI=1S/C22H36N4O2S/c1-16(2)19(27)25-8-6-17(7-9-25)20(28)26-12-10-24(11-13-26)14-18-15-29-21(23-18)22(3,4)5/h15-17H,6-14H2,1-5H3. The predicted molar refractivity (Wildman–Crippen MR) is 117 cm³/mol. The molecule has 2 aliphatic heterocycles.